The van der Waals surface area contributed by atoms with E-state index in [4.69, 9.17) is 14.4 Å². The number of carbonyl (C=O) groups is 2. The van der Waals surface area contributed by atoms with Gasteiger partial charge in [0, 0.05) is 17.6 Å². The van der Waals surface area contributed by atoms with Gasteiger partial charge in [-0.2, -0.15) is 5.06 Å². The van der Waals surface area contributed by atoms with Crippen LogP contribution in [0.15, 0.2) is 36.4 Å². The van der Waals surface area contributed by atoms with Crippen LogP contribution in [0.5, 0.6) is 0 Å². The fraction of sp³-hybridized carbons (Fsp3) is 0.607. The smallest absolute Gasteiger partial charge is 0.407 e. The third-order valence-corrected chi connectivity index (χ3v) is 6.69. The second kappa shape index (κ2) is 12.6. The van der Waals surface area contributed by atoms with Crippen molar-refractivity contribution < 1.29 is 24.0 Å². The summed E-state index contributed by atoms with van der Waals surface area (Å²) in [5, 5.41) is 9.00. The molecule has 1 amide bonds. The van der Waals surface area contributed by atoms with Gasteiger partial charge >= 0.3 is 12.1 Å². The third kappa shape index (κ3) is 8.30. The molecule has 2 aromatic rings. The Balaban J connectivity index is 1.55. The van der Waals surface area contributed by atoms with E-state index in [1.807, 2.05) is 55.3 Å². The highest BCUT2D eigenvalue weighted by Gasteiger charge is 2.44. The largest absolute Gasteiger partial charge is 0.445 e. The molecule has 204 valence electrons. The van der Waals surface area contributed by atoms with Crippen molar-refractivity contribution in [3.05, 3.63) is 53.3 Å². The molecule has 9 nitrogen and oxygen atoms in total. The van der Waals surface area contributed by atoms with Crippen LogP contribution < -0.4 is 10.2 Å². The van der Waals surface area contributed by atoms with Crippen molar-refractivity contribution in [1.82, 2.24) is 20.3 Å². The Hall–Kier alpha value is -2.91. The minimum Gasteiger partial charge on any atom is -0.445 e. The number of nitrogens with zero attached hydrogens (tertiary/aromatic N) is 3. The summed E-state index contributed by atoms with van der Waals surface area (Å²) in [6, 6.07) is 11.4. The van der Waals surface area contributed by atoms with E-state index in [0.29, 0.717) is 25.8 Å². The Kier molecular flexibility index (Phi) is 9.73. The van der Waals surface area contributed by atoms with Gasteiger partial charge in [-0.25, -0.2) is 9.59 Å². The van der Waals surface area contributed by atoms with E-state index >= 15 is 0 Å². The summed E-state index contributed by atoms with van der Waals surface area (Å²) in [6.07, 6.45) is 3.57. The molecule has 1 aromatic carbocycles. The highest BCUT2D eigenvalue weighted by molar-refractivity contribution is 5.74. The van der Waals surface area contributed by atoms with Crippen LogP contribution in [-0.2, 0) is 21.0 Å². The van der Waals surface area contributed by atoms with Crippen LogP contribution in [-0.4, -0.2) is 50.8 Å². The van der Waals surface area contributed by atoms with Crippen molar-refractivity contribution >= 4 is 12.1 Å². The van der Waals surface area contributed by atoms with E-state index in [1.54, 1.807) is 0 Å². The lowest BCUT2D eigenvalue weighted by atomic mass is 9.82. The number of benzene rings is 1. The number of aromatic nitrogens is 2. The van der Waals surface area contributed by atoms with E-state index in [9.17, 15) is 9.59 Å². The molecule has 1 fully saturated rings. The first kappa shape index (κ1) is 28.7. The number of aryl methyl sites for hydroxylation is 2. The van der Waals surface area contributed by atoms with Gasteiger partial charge in [-0.15, -0.1) is 5.10 Å². The lowest BCUT2D eigenvalue weighted by Gasteiger charge is -2.52. The molecular formula is C28H42N4O5. The van der Waals surface area contributed by atoms with Gasteiger partial charge in [-0.3, -0.25) is 4.84 Å². The molecule has 0 bridgehead atoms. The molecule has 37 heavy (non-hydrogen) atoms. The number of unbranched alkanes of at least 4 members (excludes halogenated alkanes) is 1. The first-order valence-corrected chi connectivity index (χ1v) is 13.1. The van der Waals surface area contributed by atoms with E-state index in [1.165, 1.54) is 4.85 Å². The highest BCUT2D eigenvalue weighted by atomic mass is 16.7. The second-order valence-electron chi connectivity index (χ2n) is 11.1. The number of hydrogen-bond donors (Lipinski definition) is 1. The zero-order valence-corrected chi connectivity index (χ0v) is 23.1. The molecule has 0 aliphatic carbocycles. The summed E-state index contributed by atoms with van der Waals surface area (Å²) in [7, 11) is 0. The van der Waals surface area contributed by atoms with Crippen LogP contribution in [0.4, 0.5) is 4.79 Å². The van der Waals surface area contributed by atoms with Crippen molar-refractivity contribution in [1.29, 1.82) is 0 Å². The van der Waals surface area contributed by atoms with Crippen molar-refractivity contribution in [2.75, 3.05) is 6.54 Å². The van der Waals surface area contributed by atoms with Crippen molar-refractivity contribution in [2.24, 2.45) is 0 Å². The number of carbonyl (C=O) groups excluding carboxylic acids is 2. The number of piperidine rings is 1. The summed E-state index contributed by atoms with van der Waals surface area (Å²) < 4.78 is 5.25. The Labute approximate surface area is 220 Å². The average molecular weight is 515 g/mol. The standard InChI is InChI=1S/C28H42N4O5/c1-21-19-22(2)31(30-21)37-25(33)24(36-32-27(3,4)16-12-17-28(32,5)6)15-10-11-18-29-26(34)35-20-23-13-8-7-9-14-23/h7-9,13-14,19,24H,10-12,15-18,20H2,1-6H3,(H,29,34). The van der Waals surface area contributed by atoms with E-state index in [2.05, 4.69) is 38.1 Å². The predicted octanol–water partition coefficient (Wildman–Crippen LogP) is 4.90. The molecule has 0 spiro atoms. The van der Waals surface area contributed by atoms with Gasteiger partial charge in [0.2, 0.25) is 0 Å². The first-order chi connectivity index (χ1) is 17.5. The number of alkyl carbamates (subject to hydrolysis) is 1. The topological polar surface area (TPSA) is 94.9 Å². The molecular weight excluding hydrogens is 472 g/mol. The molecule has 1 atom stereocenters. The maximum Gasteiger partial charge on any atom is 0.407 e. The minimum atomic E-state index is -0.800. The fourth-order valence-electron chi connectivity index (χ4n) is 4.87. The molecule has 1 aromatic heterocycles. The molecule has 1 aliphatic rings. The van der Waals surface area contributed by atoms with E-state index < -0.39 is 18.2 Å². The second-order valence-corrected chi connectivity index (χ2v) is 11.1. The zero-order chi connectivity index (χ0) is 27.1. The van der Waals surface area contributed by atoms with Crippen LogP contribution in [0.1, 0.15) is 83.2 Å². The molecule has 0 radical (unpaired) electrons. The molecule has 3 rings (SSSR count). The summed E-state index contributed by atoms with van der Waals surface area (Å²) in [6.45, 7) is 12.9. The molecule has 0 saturated carbocycles. The van der Waals surface area contributed by atoms with Crippen molar-refractivity contribution in [3.8, 4) is 0 Å². The number of nitrogens with one attached hydrogen (secondary N) is 1. The van der Waals surface area contributed by atoms with Crippen LogP contribution in [0, 0.1) is 13.8 Å². The lowest BCUT2D eigenvalue weighted by Crippen LogP contribution is -2.60. The molecule has 2 heterocycles. The number of amides is 1. The zero-order valence-electron chi connectivity index (χ0n) is 23.1. The van der Waals surface area contributed by atoms with Gasteiger partial charge in [-0.1, -0.05) is 35.2 Å². The first-order valence-electron chi connectivity index (χ1n) is 13.1. The van der Waals surface area contributed by atoms with Crippen LogP contribution in [0.2, 0.25) is 0 Å². The van der Waals surface area contributed by atoms with Crippen molar-refractivity contribution in [2.45, 2.75) is 104 Å². The predicted molar refractivity (Wildman–Crippen MR) is 140 cm³/mol. The highest BCUT2D eigenvalue weighted by Crippen LogP contribution is 2.39. The van der Waals surface area contributed by atoms with Gasteiger partial charge in [0.25, 0.3) is 0 Å². The summed E-state index contributed by atoms with van der Waals surface area (Å²) in [4.78, 5) is 38.5. The van der Waals surface area contributed by atoms with Gasteiger partial charge in [-0.05, 0) is 91.7 Å². The van der Waals surface area contributed by atoms with Gasteiger partial charge in [0.1, 0.15) is 6.61 Å². The third-order valence-electron chi connectivity index (χ3n) is 6.69. The van der Waals surface area contributed by atoms with E-state index in [0.717, 1.165) is 36.2 Å². The maximum absolute atomic E-state index is 13.2. The quantitative estimate of drug-likeness (QED) is 0.426. The Morgan fingerprint density at radius 2 is 1.73 bits per heavy atom. The Morgan fingerprint density at radius 3 is 2.35 bits per heavy atom. The minimum absolute atomic E-state index is 0.220. The summed E-state index contributed by atoms with van der Waals surface area (Å²) >= 11 is 0. The van der Waals surface area contributed by atoms with Crippen LogP contribution in [0.3, 0.4) is 0 Å². The number of ether oxygens (including phenoxy) is 1. The molecule has 1 saturated heterocycles. The normalized spacial score (nSPS) is 17.7. The summed E-state index contributed by atoms with van der Waals surface area (Å²) in [5.74, 6) is -0.487. The van der Waals surface area contributed by atoms with Gasteiger partial charge < -0.3 is 14.9 Å². The maximum atomic E-state index is 13.2. The Bertz CT molecular complexity index is 1020. The van der Waals surface area contributed by atoms with Gasteiger partial charge in [0.05, 0.1) is 11.4 Å². The Morgan fingerprint density at radius 1 is 1.05 bits per heavy atom. The molecule has 1 N–H and O–H groups in total. The number of rotatable bonds is 11. The molecule has 9 heteroatoms. The van der Waals surface area contributed by atoms with Crippen LogP contribution >= 0.6 is 0 Å². The molecule has 1 unspecified atom stereocenters. The lowest BCUT2D eigenvalue weighted by molar-refractivity contribution is -0.303. The van der Waals surface area contributed by atoms with E-state index in [-0.39, 0.29) is 17.7 Å². The van der Waals surface area contributed by atoms with Crippen LogP contribution in [0.25, 0.3) is 0 Å². The molecule has 1 aliphatic heterocycles. The van der Waals surface area contributed by atoms with Crippen molar-refractivity contribution in [3.63, 3.8) is 0 Å². The average Bonchev–Trinajstić information content (AvgIpc) is 3.14. The number of hydrogen-bond acceptors (Lipinski definition) is 7. The number of hydroxylamine groups is 2. The van der Waals surface area contributed by atoms with Gasteiger partial charge in [0.15, 0.2) is 6.10 Å². The SMILES string of the molecule is Cc1cc(C)n(OC(=O)C(CCCCNC(=O)OCc2ccccc2)ON2C(C)(C)CCCC2(C)C)n1. The fourth-order valence-corrected chi connectivity index (χ4v) is 4.87. The monoisotopic (exact) mass is 514 g/mol. The summed E-state index contributed by atoms with van der Waals surface area (Å²) in [5.41, 5.74) is 2.00.